The summed E-state index contributed by atoms with van der Waals surface area (Å²) >= 11 is 7.34. The normalized spacial score (nSPS) is 10.8. The summed E-state index contributed by atoms with van der Waals surface area (Å²) in [6.07, 6.45) is 3.85. The Bertz CT molecular complexity index is 688. The average molecular weight is 292 g/mol. The minimum atomic E-state index is -0.131. The molecule has 0 saturated heterocycles. The zero-order chi connectivity index (χ0) is 13.2. The van der Waals surface area contributed by atoms with E-state index < -0.39 is 0 Å². The van der Waals surface area contributed by atoms with E-state index in [1.807, 2.05) is 22.2 Å². The van der Waals surface area contributed by atoms with Crippen LogP contribution in [0.4, 0.5) is 0 Å². The summed E-state index contributed by atoms with van der Waals surface area (Å²) in [7, 11) is 0. The Kier molecular flexibility index (Phi) is 3.23. The molecule has 0 saturated carbocycles. The first-order chi connectivity index (χ1) is 9.22. The number of imidazole rings is 1. The highest BCUT2D eigenvalue weighted by molar-refractivity contribution is 7.15. The number of aromatic nitrogens is 2. The van der Waals surface area contributed by atoms with Gasteiger partial charge in [0.15, 0.2) is 4.96 Å². The van der Waals surface area contributed by atoms with Gasteiger partial charge in [0.25, 0.3) is 5.91 Å². The number of nitrogens with zero attached hydrogens (tertiary/aromatic N) is 2. The summed E-state index contributed by atoms with van der Waals surface area (Å²) in [6, 6.07) is 6.79. The maximum atomic E-state index is 11.9. The Morgan fingerprint density at radius 1 is 1.37 bits per heavy atom. The molecule has 96 valence electrons. The topological polar surface area (TPSA) is 46.4 Å². The molecule has 0 radical (unpaired) electrons. The molecule has 3 rings (SSSR count). The molecule has 2 heterocycles. The lowest BCUT2D eigenvalue weighted by Crippen LogP contribution is -2.22. The third-order valence-corrected chi connectivity index (χ3v) is 3.70. The van der Waals surface area contributed by atoms with Crippen LogP contribution < -0.4 is 5.32 Å². The van der Waals surface area contributed by atoms with E-state index in [0.29, 0.717) is 17.1 Å². The van der Waals surface area contributed by atoms with Gasteiger partial charge in [-0.15, -0.1) is 11.3 Å². The molecular weight excluding hydrogens is 282 g/mol. The number of hydrogen-bond donors (Lipinski definition) is 1. The van der Waals surface area contributed by atoms with Gasteiger partial charge in [-0.25, -0.2) is 4.98 Å². The molecular formula is C13H10ClN3OS. The Balaban J connectivity index is 1.67. The third-order valence-electron chi connectivity index (χ3n) is 2.68. The van der Waals surface area contributed by atoms with E-state index >= 15 is 0 Å². The lowest BCUT2D eigenvalue weighted by Gasteiger charge is -2.03. The molecule has 0 aliphatic heterocycles. The summed E-state index contributed by atoms with van der Waals surface area (Å²) in [4.78, 5) is 17.2. The Morgan fingerprint density at radius 2 is 2.16 bits per heavy atom. The van der Waals surface area contributed by atoms with Crippen LogP contribution in [0.1, 0.15) is 16.1 Å². The molecule has 0 fully saturated rings. The molecule has 19 heavy (non-hydrogen) atoms. The summed E-state index contributed by atoms with van der Waals surface area (Å²) < 4.78 is 1.94. The Labute approximate surface area is 118 Å². The fraction of sp³-hybridized carbons (Fsp3) is 0.0769. The molecule has 1 aromatic carbocycles. The summed E-state index contributed by atoms with van der Waals surface area (Å²) in [5, 5.41) is 5.42. The zero-order valence-electron chi connectivity index (χ0n) is 9.84. The highest BCUT2D eigenvalue weighted by atomic mass is 35.5. The van der Waals surface area contributed by atoms with Gasteiger partial charge in [0, 0.05) is 28.4 Å². The van der Waals surface area contributed by atoms with Gasteiger partial charge in [-0.2, -0.15) is 0 Å². The molecule has 0 bridgehead atoms. The second-order valence-electron chi connectivity index (χ2n) is 4.01. The summed E-state index contributed by atoms with van der Waals surface area (Å²) in [6.45, 7) is 0.413. The van der Waals surface area contributed by atoms with Crippen LogP contribution in [0.25, 0.3) is 4.96 Å². The van der Waals surface area contributed by atoms with Crippen molar-refractivity contribution in [1.29, 1.82) is 0 Å². The van der Waals surface area contributed by atoms with Crippen molar-refractivity contribution in [2.75, 3.05) is 0 Å². The quantitative estimate of drug-likeness (QED) is 0.806. The lowest BCUT2D eigenvalue weighted by atomic mass is 10.2. The summed E-state index contributed by atoms with van der Waals surface area (Å²) in [5.74, 6) is -0.131. The van der Waals surface area contributed by atoms with Gasteiger partial charge in [0.1, 0.15) is 0 Å². The van der Waals surface area contributed by atoms with Gasteiger partial charge in [-0.1, -0.05) is 11.6 Å². The first kappa shape index (κ1) is 12.2. The molecule has 1 N–H and O–H groups in total. The average Bonchev–Trinajstić information content (AvgIpc) is 2.97. The van der Waals surface area contributed by atoms with Crippen LogP contribution in [0.5, 0.6) is 0 Å². The maximum absolute atomic E-state index is 11.9. The van der Waals surface area contributed by atoms with E-state index in [1.165, 1.54) is 0 Å². The van der Waals surface area contributed by atoms with Crippen LogP contribution in [0.15, 0.2) is 42.0 Å². The number of amides is 1. The number of carbonyl (C=O) groups is 1. The van der Waals surface area contributed by atoms with Gasteiger partial charge in [-0.05, 0) is 24.3 Å². The highest BCUT2D eigenvalue weighted by Gasteiger charge is 2.07. The number of thiazole rings is 1. The first-order valence-electron chi connectivity index (χ1n) is 5.67. The van der Waals surface area contributed by atoms with Gasteiger partial charge < -0.3 is 5.32 Å². The van der Waals surface area contributed by atoms with Crippen molar-refractivity contribution >= 4 is 33.8 Å². The number of halogens is 1. The molecule has 3 aromatic rings. The predicted octanol–water partition coefficient (Wildman–Crippen LogP) is 2.98. The fourth-order valence-corrected chi connectivity index (χ4v) is 2.58. The first-order valence-corrected chi connectivity index (χ1v) is 6.93. The largest absolute Gasteiger partial charge is 0.346 e. The lowest BCUT2D eigenvalue weighted by molar-refractivity contribution is 0.0950. The van der Waals surface area contributed by atoms with Crippen molar-refractivity contribution in [1.82, 2.24) is 14.7 Å². The van der Waals surface area contributed by atoms with Crippen molar-refractivity contribution in [2.45, 2.75) is 6.54 Å². The van der Waals surface area contributed by atoms with Crippen molar-refractivity contribution < 1.29 is 4.79 Å². The number of rotatable bonds is 3. The van der Waals surface area contributed by atoms with E-state index in [4.69, 9.17) is 11.6 Å². The molecule has 0 unspecified atom stereocenters. The fourth-order valence-electron chi connectivity index (χ4n) is 1.74. The zero-order valence-corrected chi connectivity index (χ0v) is 11.4. The molecule has 1 amide bonds. The van der Waals surface area contributed by atoms with E-state index in [9.17, 15) is 4.79 Å². The Hall–Kier alpha value is -1.85. The minimum Gasteiger partial charge on any atom is -0.346 e. The van der Waals surface area contributed by atoms with Crippen molar-refractivity contribution in [2.24, 2.45) is 0 Å². The van der Waals surface area contributed by atoms with E-state index in [2.05, 4.69) is 10.3 Å². The highest BCUT2D eigenvalue weighted by Crippen LogP contribution is 2.12. The minimum absolute atomic E-state index is 0.131. The molecule has 0 atom stereocenters. The van der Waals surface area contributed by atoms with Gasteiger partial charge >= 0.3 is 0 Å². The molecule has 0 aliphatic carbocycles. The molecule has 6 heteroatoms. The summed E-state index contributed by atoms with van der Waals surface area (Å²) in [5.41, 5.74) is 1.43. The molecule has 0 spiro atoms. The Morgan fingerprint density at radius 3 is 2.89 bits per heavy atom. The third kappa shape index (κ3) is 2.62. The van der Waals surface area contributed by atoms with E-state index in [1.54, 1.807) is 35.6 Å². The van der Waals surface area contributed by atoms with Crippen LogP contribution >= 0.6 is 22.9 Å². The number of hydrogen-bond acceptors (Lipinski definition) is 3. The standard InChI is InChI=1S/C13H10ClN3OS/c14-10-3-1-9(2-4-10)12(18)15-7-11-8-17-5-6-19-13(17)16-11/h1-6,8H,7H2,(H,15,18). The second kappa shape index (κ2) is 5.03. The van der Waals surface area contributed by atoms with Crippen LogP contribution in [0.3, 0.4) is 0 Å². The van der Waals surface area contributed by atoms with Gasteiger partial charge in [0.2, 0.25) is 0 Å². The van der Waals surface area contributed by atoms with Gasteiger partial charge in [0.05, 0.1) is 12.2 Å². The van der Waals surface area contributed by atoms with Crippen LogP contribution in [0, 0.1) is 0 Å². The second-order valence-corrected chi connectivity index (χ2v) is 5.32. The van der Waals surface area contributed by atoms with Gasteiger partial charge in [-0.3, -0.25) is 9.20 Å². The molecule has 2 aromatic heterocycles. The monoisotopic (exact) mass is 291 g/mol. The smallest absolute Gasteiger partial charge is 0.251 e. The number of nitrogens with one attached hydrogen (secondary N) is 1. The predicted molar refractivity (Wildman–Crippen MR) is 75.7 cm³/mol. The van der Waals surface area contributed by atoms with Crippen molar-refractivity contribution in [3.8, 4) is 0 Å². The van der Waals surface area contributed by atoms with E-state index in [-0.39, 0.29) is 5.91 Å². The van der Waals surface area contributed by atoms with Crippen LogP contribution in [-0.2, 0) is 6.54 Å². The van der Waals surface area contributed by atoms with E-state index in [0.717, 1.165) is 10.7 Å². The van der Waals surface area contributed by atoms with Crippen LogP contribution in [-0.4, -0.2) is 15.3 Å². The number of benzene rings is 1. The van der Waals surface area contributed by atoms with Crippen molar-refractivity contribution in [3.05, 3.63) is 58.3 Å². The molecule has 0 aliphatic rings. The maximum Gasteiger partial charge on any atom is 0.251 e. The molecule has 4 nitrogen and oxygen atoms in total. The SMILES string of the molecule is O=C(NCc1cn2ccsc2n1)c1ccc(Cl)cc1. The number of fused-ring (bicyclic) bond motifs is 1. The van der Waals surface area contributed by atoms with Crippen LogP contribution in [0.2, 0.25) is 5.02 Å². The number of carbonyl (C=O) groups excluding carboxylic acids is 1. The van der Waals surface area contributed by atoms with Crippen molar-refractivity contribution in [3.63, 3.8) is 0 Å².